The van der Waals surface area contributed by atoms with Crippen molar-refractivity contribution in [3.63, 3.8) is 0 Å². The molecule has 0 amide bonds. The summed E-state index contributed by atoms with van der Waals surface area (Å²) in [5.74, 6) is 1.73. The molecule has 2 aromatic heterocycles. The van der Waals surface area contributed by atoms with Crippen molar-refractivity contribution in [1.82, 2.24) is 20.0 Å². The third-order valence-electron chi connectivity index (χ3n) is 2.77. The molecule has 3 N–H and O–H groups in total. The Morgan fingerprint density at radius 2 is 2.25 bits per heavy atom. The molecule has 0 aromatic carbocycles. The first-order valence-corrected chi connectivity index (χ1v) is 7.73. The molecule has 0 bridgehead atoms. The van der Waals surface area contributed by atoms with Crippen LogP contribution in [0.2, 0.25) is 0 Å². The van der Waals surface area contributed by atoms with E-state index in [4.69, 9.17) is 4.42 Å². The van der Waals surface area contributed by atoms with E-state index in [2.05, 4.69) is 20.0 Å². The lowest BCUT2D eigenvalue weighted by atomic mass is 10.4. The predicted octanol–water partition coefficient (Wildman–Crippen LogP) is 0.552. The minimum atomic E-state index is -3.55. The molecule has 2 heterocycles. The van der Waals surface area contributed by atoms with E-state index >= 15 is 0 Å². The van der Waals surface area contributed by atoms with E-state index in [-0.39, 0.29) is 11.4 Å². The molecule has 0 aliphatic rings. The highest BCUT2D eigenvalue weighted by atomic mass is 32.2. The van der Waals surface area contributed by atoms with Crippen LogP contribution >= 0.6 is 0 Å². The van der Waals surface area contributed by atoms with Crippen molar-refractivity contribution in [2.45, 2.75) is 24.8 Å². The quantitative estimate of drug-likeness (QED) is 0.693. The van der Waals surface area contributed by atoms with Gasteiger partial charge < -0.3 is 14.7 Å². The Bertz CT molecular complexity index is 646. The zero-order valence-electron chi connectivity index (χ0n) is 11.4. The second-order valence-corrected chi connectivity index (χ2v) is 6.08. The minimum Gasteiger partial charge on any atom is -0.464 e. The molecule has 0 atom stereocenters. The summed E-state index contributed by atoms with van der Waals surface area (Å²) >= 11 is 0. The molecule has 0 unspecified atom stereocenters. The summed E-state index contributed by atoms with van der Waals surface area (Å²) in [5.41, 5.74) is 0. The molecule has 0 spiro atoms. The average Bonchev–Trinajstić information content (AvgIpc) is 2.99. The molecule has 0 saturated heterocycles. The van der Waals surface area contributed by atoms with Gasteiger partial charge in [-0.2, -0.15) is 0 Å². The Morgan fingerprint density at radius 1 is 1.45 bits per heavy atom. The molecule has 7 nitrogen and oxygen atoms in total. The Kier molecular flexibility index (Phi) is 4.58. The topological polar surface area (TPSA) is 100 Å². The van der Waals surface area contributed by atoms with Crippen molar-refractivity contribution in [2.75, 3.05) is 13.6 Å². The van der Waals surface area contributed by atoms with E-state index in [0.717, 1.165) is 5.82 Å². The summed E-state index contributed by atoms with van der Waals surface area (Å²) in [4.78, 5) is 7.14. The smallest absolute Gasteiger partial charge is 0.244 e. The third kappa shape index (κ3) is 3.47. The number of rotatable bonds is 7. The normalized spacial score (nSPS) is 11.9. The highest BCUT2D eigenvalue weighted by Gasteiger charge is 2.20. The maximum absolute atomic E-state index is 12.2. The Morgan fingerprint density at radius 3 is 2.90 bits per heavy atom. The van der Waals surface area contributed by atoms with Crippen LogP contribution in [-0.4, -0.2) is 32.0 Å². The molecule has 2 rings (SSSR count). The van der Waals surface area contributed by atoms with Gasteiger partial charge in [-0.25, -0.2) is 18.1 Å². The van der Waals surface area contributed by atoms with Crippen LogP contribution in [0.4, 0.5) is 0 Å². The van der Waals surface area contributed by atoms with Gasteiger partial charge in [-0.05, 0) is 14.0 Å². The summed E-state index contributed by atoms with van der Waals surface area (Å²) < 4.78 is 32.3. The first kappa shape index (κ1) is 14.8. The number of nitrogens with zero attached hydrogens (tertiary/aromatic N) is 1. The van der Waals surface area contributed by atoms with Crippen LogP contribution in [0.15, 0.2) is 27.8 Å². The zero-order chi connectivity index (χ0) is 14.6. The Hall–Kier alpha value is -1.64. The van der Waals surface area contributed by atoms with Crippen molar-refractivity contribution in [3.8, 4) is 0 Å². The van der Waals surface area contributed by atoms with E-state index in [0.29, 0.717) is 24.5 Å². The molecule has 0 saturated carbocycles. The van der Waals surface area contributed by atoms with Crippen LogP contribution in [0.3, 0.4) is 0 Å². The standard InChI is InChI=1S/C12H18N4O3S/c1-9-11(7-10(19-9)8-13-2)20(17,18)16-4-3-12-14-5-6-15-12/h5-7,13,16H,3-4,8H2,1-2H3,(H,14,15). The fourth-order valence-corrected chi connectivity index (χ4v) is 3.10. The molecule has 0 aliphatic carbocycles. The molecule has 2 aromatic rings. The SMILES string of the molecule is CNCc1cc(S(=O)(=O)NCCc2ncc[nH]2)c(C)o1. The van der Waals surface area contributed by atoms with Crippen molar-refractivity contribution < 1.29 is 12.8 Å². The van der Waals surface area contributed by atoms with Crippen LogP contribution in [0.5, 0.6) is 0 Å². The largest absolute Gasteiger partial charge is 0.464 e. The number of hydrogen-bond donors (Lipinski definition) is 3. The third-order valence-corrected chi connectivity index (χ3v) is 4.34. The summed E-state index contributed by atoms with van der Waals surface area (Å²) in [6.07, 6.45) is 3.84. The van der Waals surface area contributed by atoms with Gasteiger partial charge in [0.15, 0.2) is 0 Å². The lowest BCUT2D eigenvalue weighted by Gasteiger charge is -2.04. The Balaban J connectivity index is 2.02. The van der Waals surface area contributed by atoms with Crippen LogP contribution in [0, 0.1) is 6.92 Å². The van der Waals surface area contributed by atoms with E-state index in [9.17, 15) is 8.42 Å². The van der Waals surface area contributed by atoms with E-state index < -0.39 is 10.0 Å². The van der Waals surface area contributed by atoms with Gasteiger partial charge in [-0.1, -0.05) is 0 Å². The number of nitrogens with one attached hydrogen (secondary N) is 3. The second-order valence-electron chi connectivity index (χ2n) is 4.35. The van der Waals surface area contributed by atoms with Crippen molar-refractivity contribution in [1.29, 1.82) is 0 Å². The summed E-state index contributed by atoms with van der Waals surface area (Å²) in [6.45, 7) is 2.41. The lowest BCUT2D eigenvalue weighted by Crippen LogP contribution is -2.26. The predicted molar refractivity (Wildman–Crippen MR) is 73.7 cm³/mol. The van der Waals surface area contributed by atoms with Gasteiger partial charge in [0.05, 0.1) is 6.54 Å². The average molecular weight is 298 g/mol. The van der Waals surface area contributed by atoms with Gasteiger partial charge in [0.2, 0.25) is 10.0 Å². The summed E-state index contributed by atoms with van der Waals surface area (Å²) in [5, 5.41) is 2.92. The highest BCUT2D eigenvalue weighted by molar-refractivity contribution is 7.89. The van der Waals surface area contributed by atoms with Crippen molar-refractivity contribution in [3.05, 3.63) is 35.8 Å². The second kappa shape index (κ2) is 6.21. The fraction of sp³-hybridized carbons (Fsp3) is 0.417. The number of aryl methyl sites for hydroxylation is 1. The van der Waals surface area contributed by atoms with E-state index in [1.165, 1.54) is 0 Å². The molecule has 0 fully saturated rings. The summed E-state index contributed by atoms with van der Waals surface area (Å²) in [7, 11) is -1.78. The van der Waals surface area contributed by atoms with Gasteiger partial charge in [0.25, 0.3) is 0 Å². The van der Waals surface area contributed by atoms with E-state index in [1.54, 1.807) is 32.4 Å². The molecular formula is C12H18N4O3S. The number of H-pyrrole nitrogens is 1. The fourth-order valence-electron chi connectivity index (χ4n) is 1.87. The van der Waals surface area contributed by atoms with Gasteiger partial charge in [-0.3, -0.25) is 0 Å². The van der Waals surface area contributed by atoms with Crippen LogP contribution in [0.25, 0.3) is 0 Å². The first-order valence-electron chi connectivity index (χ1n) is 6.25. The highest BCUT2D eigenvalue weighted by Crippen LogP contribution is 2.19. The van der Waals surface area contributed by atoms with Crippen molar-refractivity contribution >= 4 is 10.0 Å². The first-order chi connectivity index (χ1) is 9.53. The van der Waals surface area contributed by atoms with Crippen molar-refractivity contribution in [2.24, 2.45) is 0 Å². The van der Waals surface area contributed by atoms with Gasteiger partial charge in [0.1, 0.15) is 22.2 Å². The van der Waals surface area contributed by atoms with Gasteiger partial charge in [0, 0.05) is 31.4 Å². The zero-order valence-corrected chi connectivity index (χ0v) is 12.3. The number of hydrogen-bond acceptors (Lipinski definition) is 5. The number of aromatic nitrogens is 2. The number of aromatic amines is 1. The maximum Gasteiger partial charge on any atom is 0.244 e. The van der Waals surface area contributed by atoms with Crippen LogP contribution < -0.4 is 10.0 Å². The van der Waals surface area contributed by atoms with Crippen LogP contribution in [-0.2, 0) is 23.0 Å². The maximum atomic E-state index is 12.2. The Labute approximate surface area is 117 Å². The molecule has 8 heteroatoms. The number of sulfonamides is 1. The molecule has 0 radical (unpaired) electrons. The summed E-state index contributed by atoms with van der Waals surface area (Å²) in [6, 6.07) is 1.54. The van der Waals surface area contributed by atoms with Gasteiger partial charge >= 0.3 is 0 Å². The monoisotopic (exact) mass is 298 g/mol. The van der Waals surface area contributed by atoms with E-state index in [1.807, 2.05) is 0 Å². The molecule has 110 valence electrons. The lowest BCUT2D eigenvalue weighted by molar-refractivity contribution is 0.465. The van der Waals surface area contributed by atoms with Crippen LogP contribution in [0.1, 0.15) is 17.3 Å². The minimum absolute atomic E-state index is 0.183. The molecule has 0 aliphatic heterocycles. The number of imidazole rings is 1. The number of furan rings is 1. The molecular weight excluding hydrogens is 280 g/mol. The molecule has 20 heavy (non-hydrogen) atoms. The van der Waals surface area contributed by atoms with Gasteiger partial charge in [-0.15, -0.1) is 0 Å².